The minimum atomic E-state index is -1.66. The number of hydrogen-bond donors (Lipinski definition) is 2. The van der Waals surface area contributed by atoms with Crippen molar-refractivity contribution < 1.29 is 38.1 Å². The van der Waals surface area contributed by atoms with Crippen LogP contribution in [0.15, 0.2) is 103 Å². The van der Waals surface area contributed by atoms with Crippen molar-refractivity contribution in [3.05, 3.63) is 130 Å². The maximum atomic E-state index is 15.4. The monoisotopic (exact) mass is 735 g/mol. The molecule has 2 saturated heterocycles. The number of rotatable bonds is 8. The number of hydrogen-bond acceptors (Lipinski definition) is 8. The van der Waals surface area contributed by atoms with Gasteiger partial charge in [-0.15, -0.1) is 0 Å². The molecule has 6 unspecified atom stereocenters. The van der Waals surface area contributed by atoms with E-state index in [2.05, 4.69) is 5.43 Å². The first-order chi connectivity index (χ1) is 25.6. The standard InChI is InChI=1S/C41H35ClFN3O7/c1-52-32-18-27(47)19-33(53-2)35(32)36-28-16-17-29-34(39(50)45(37(29)48)21-22-6-4-3-5-7-22)30(28)20-31-38(49)46(44-26-14-12-25(43)13-15-26)40(51)41(31,36)23-8-10-24(42)11-9-23/h3-16,18-19,29-31,34,36,44,47H,17,20-21H2,1-2H3. The van der Waals surface area contributed by atoms with Gasteiger partial charge in [-0.3, -0.25) is 29.5 Å². The van der Waals surface area contributed by atoms with Gasteiger partial charge < -0.3 is 14.6 Å². The highest BCUT2D eigenvalue weighted by molar-refractivity contribution is 6.30. The molecule has 4 aromatic carbocycles. The van der Waals surface area contributed by atoms with Gasteiger partial charge >= 0.3 is 0 Å². The Morgan fingerprint density at radius 1 is 0.868 bits per heavy atom. The van der Waals surface area contributed by atoms with Crippen LogP contribution in [0.1, 0.15) is 35.4 Å². The summed E-state index contributed by atoms with van der Waals surface area (Å²) in [6, 6.07) is 24.1. The number of halogens is 2. The molecular formula is C41H35ClFN3O7. The second kappa shape index (κ2) is 13.1. The average Bonchev–Trinajstić information content (AvgIpc) is 3.53. The molecular weight excluding hydrogens is 701 g/mol. The maximum Gasteiger partial charge on any atom is 0.260 e. The van der Waals surface area contributed by atoms with Crippen LogP contribution < -0.4 is 14.9 Å². The summed E-state index contributed by atoms with van der Waals surface area (Å²) in [4.78, 5) is 60.1. The Kier molecular flexibility index (Phi) is 8.48. The van der Waals surface area contributed by atoms with Gasteiger partial charge in [-0.05, 0) is 66.3 Å². The second-order valence-corrected chi connectivity index (χ2v) is 14.3. The number of nitrogens with zero attached hydrogens (tertiary/aromatic N) is 2. The predicted molar refractivity (Wildman–Crippen MR) is 192 cm³/mol. The van der Waals surface area contributed by atoms with Gasteiger partial charge in [0.1, 0.15) is 23.1 Å². The molecule has 3 fully saturated rings. The molecule has 2 aliphatic carbocycles. The van der Waals surface area contributed by atoms with Gasteiger partial charge in [0.25, 0.3) is 11.8 Å². The van der Waals surface area contributed by atoms with Crippen molar-refractivity contribution in [2.24, 2.45) is 23.7 Å². The van der Waals surface area contributed by atoms with E-state index in [9.17, 15) is 23.9 Å². The van der Waals surface area contributed by atoms with Crippen molar-refractivity contribution >= 4 is 40.9 Å². The summed E-state index contributed by atoms with van der Waals surface area (Å²) in [6.07, 6.45) is 2.23. The van der Waals surface area contributed by atoms with Crippen molar-refractivity contribution in [3.63, 3.8) is 0 Å². The Labute approximate surface area is 309 Å². The largest absolute Gasteiger partial charge is 0.508 e. The average molecular weight is 736 g/mol. The number of phenols is 1. The van der Waals surface area contributed by atoms with E-state index in [1.807, 2.05) is 36.4 Å². The number of amides is 4. The van der Waals surface area contributed by atoms with E-state index in [-0.39, 0.29) is 48.4 Å². The lowest BCUT2D eigenvalue weighted by Crippen LogP contribution is -2.53. The summed E-state index contributed by atoms with van der Waals surface area (Å²) in [5, 5.41) is 12.1. The minimum absolute atomic E-state index is 0.0687. The molecule has 2 heterocycles. The van der Waals surface area contributed by atoms with Gasteiger partial charge in [0.15, 0.2) is 0 Å². The summed E-state index contributed by atoms with van der Waals surface area (Å²) in [7, 11) is 2.86. The molecule has 0 radical (unpaired) electrons. The zero-order valence-electron chi connectivity index (χ0n) is 28.8. The lowest BCUT2D eigenvalue weighted by Gasteiger charge is -2.51. The van der Waals surface area contributed by atoms with Crippen LogP contribution in [0.5, 0.6) is 17.2 Å². The fourth-order valence-corrected chi connectivity index (χ4v) is 9.29. The first-order valence-corrected chi connectivity index (χ1v) is 17.7. The molecule has 0 spiro atoms. The molecule has 0 bridgehead atoms. The van der Waals surface area contributed by atoms with Gasteiger partial charge in [0.05, 0.1) is 49.6 Å². The van der Waals surface area contributed by atoms with Crippen LogP contribution in [0.2, 0.25) is 5.02 Å². The molecule has 1 saturated carbocycles. The molecule has 4 amide bonds. The molecule has 10 nitrogen and oxygen atoms in total. The van der Waals surface area contributed by atoms with Crippen LogP contribution in [0.4, 0.5) is 10.1 Å². The molecule has 4 aliphatic rings. The van der Waals surface area contributed by atoms with E-state index in [0.29, 0.717) is 27.4 Å². The molecule has 4 aromatic rings. The highest BCUT2D eigenvalue weighted by Gasteiger charge is 2.71. The zero-order valence-corrected chi connectivity index (χ0v) is 29.5. The molecule has 270 valence electrons. The van der Waals surface area contributed by atoms with Crippen LogP contribution >= 0.6 is 11.6 Å². The number of phenolic OH excluding ortho intramolecular Hbond substituents is 1. The fourth-order valence-electron chi connectivity index (χ4n) is 9.17. The number of aromatic hydroxyl groups is 1. The van der Waals surface area contributed by atoms with Crippen molar-refractivity contribution in [2.45, 2.75) is 30.7 Å². The number of likely N-dealkylation sites (tertiary alicyclic amines) is 1. The van der Waals surface area contributed by atoms with Crippen molar-refractivity contribution in [3.8, 4) is 17.2 Å². The number of ether oxygens (including phenoxy) is 2. The number of anilines is 1. The molecule has 8 rings (SSSR count). The number of carbonyl (C=O) groups is 4. The van der Waals surface area contributed by atoms with E-state index in [1.54, 1.807) is 24.3 Å². The normalized spacial score (nSPS) is 26.2. The second-order valence-electron chi connectivity index (χ2n) is 13.9. The molecule has 2 aliphatic heterocycles. The van der Waals surface area contributed by atoms with E-state index in [4.69, 9.17) is 21.1 Å². The van der Waals surface area contributed by atoms with Crippen molar-refractivity contribution in [1.29, 1.82) is 0 Å². The Balaban J connectivity index is 1.35. The van der Waals surface area contributed by atoms with Crippen LogP contribution in [0.25, 0.3) is 0 Å². The highest BCUT2D eigenvalue weighted by Crippen LogP contribution is 2.66. The lowest BCUT2D eigenvalue weighted by atomic mass is 9.49. The third-order valence-corrected chi connectivity index (χ3v) is 11.6. The quantitative estimate of drug-likeness (QED) is 0.158. The van der Waals surface area contributed by atoms with Crippen molar-refractivity contribution in [1.82, 2.24) is 9.91 Å². The number of methoxy groups -OCH3 is 2. The minimum Gasteiger partial charge on any atom is -0.508 e. The number of imide groups is 2. The molecule has 6 atom stereocenters. The van der Waals surface area contributed by atoms with E-state index >= 15 is 4.79 Å². The summed E-state index contributed by atoms with van der Waals surface area (Å²) >= 11 is 6.39. The molecule has 2 N–H and O–H groups in total. The van der Waals surface area contributed by atoms with Crippen LogP contribution in [0, 0.1) is 29.5 Å². The fraction of sp³-hybridized carbons (Fsp3) is 0.268. The third kappa shape index (κ3) is 5.28. The lowest BCUT2D eigenvalue weighted by molar-refractivity contribution is -0.142. The first-order valence-electron chi connectivity index (χ1n) is 17.3. The van der Waals surface area contributed by atoms with E-state index < -0.39 is 52.6 Å². The summed E-state index contributed by atoms with van der Waals surface area (Å²) in [6.45, 7) is 0.113. The molecule has 53 heavy (non-hydrogen) atoms. The Hall–Kier alpha value is -5.68. The Morgan fingerprint density at radius 3 is 2.17 bits per heavy atom. The zero-order chi connectivity index (χ0) is 37.2. The number of benzene rings is 4. The summed E-state index contributed by atoms with van der Waals surface area (Å²) < 4.78 is 25.7. The maximum absolute atomic E-state index is 15.4. The van der Waals surface area contributed by atoms with Crippen LogP contribution in [0.3, 0.4) is 0 Å². The number of fused-ring (bicyclic) bond motifs is 4. The van der Waals surface area contributed by atoms with E-state index in [0.717, 1.165) is 10.6 Å². The molecule has 12 heteroatoms. The van der Waals surface area contributed by atoms with Gasteiger partial charge in [-0.1, -0.05) is 65.7 Å². The topological polar surface area (TPSA) is 125 Å². The Morgan fingerprint density at radius 2 is 1.53 bits per heavy atom. The van der Waals surface area contributed by atoms with Gasteiger partial charge in [0.2, 0.25) is 11.8 Å². The van der Waals surface area contributed by atoms with Crippen LogP contribution in [-0.4, -0.2) is 52.9 Å². The van der Waals surface area contributed by atoms with Gasteiger partial charge in [-0.25, -0.2) is 4.39 Å². The summed E-state index contributed by atoms with van der Waals surface area (Å²) in [5.41, 5.74) is 3.96. The summed E-state index contributed by atoms with van der Waals surface area (Å²) in [5.74, 6) is -6.14. The SMILES string of the molecule is COc1cc(O)cc(OC)c1C1C2=CCC3C(=O)N(Cc4ccccc4)C(=O)C3C2CC2C(=O)N(Nc3ccc(F)cc3)C(=O)C21c1ccc(Cl)cc1. The Bertz CT molecular complexity index is 2150. The number of hydrazine groups is 1. The van der Waals surface area contributed by atoms with E-state index in [1.165, 1.54) is 55.5 Å². The number of carbonyl (C=O) groups excluding carboxylic acids is 4. The number of nitrogens with one attached hydrogen (secondary N) is 1. The predicted octanol–water partition coefficient (Wildman–Crippen LogP) is 6.39. The van der Waals surface area contributed by atoms with Gasteiger partial charge in [0, 0.05) is 28.6 Å². The number of allylic oxidation sites excluding steroid dienone is 2. The van der Waals surface area contributed by atoms with Gasteiger partial charge in [-0.2, -0.15) is 5.01 Å². The van der Waals surface area contributed by atoms with Crippen molar-refractivity contribution in [2.75, 3.05) is 19.6 Å². The first kappa shape index (κ1) is 34.4. The smallest absolute Gasteiger partial charge is 0.260 e. The highest BCUT2D eigenvalue weighted by atomic mass is 35.5. The molecule has 0 aromatic heterocycles. The van der Waals surface area contributed by atoms with Crippen LogP contribution in [-0.2, 0) is 31.1 Å². The third-order valence-electron chi connectivity index (χ3n) is 11.3.